The predicted molar refractivity (Wildman–Crippen MR) is 53.7 cm³/mol. The molecule has 0 atom stereocenters. The summed E-state index contributed by atoms with van der Waals surface area (Å²) in [7, 11) is 0. The Kier molecular flexibility index (Phi) is 3.20. The molecule has 1 aromatic carbocycles. The largest absolute Gasteiger partial charge is 0.326 e. The first-order chi connectivity index (χ1) is 6.15. The van der Waals surface area contributed by atoms with Crippen molar-refractivity contribution in [3.05, 3.63) is 41.2 Å². The van der Waals surface area contributed by atoms with Crippen molar-refractivity contribution >= 4 is 5.57 Å². The maximum absolute atomic E-state index is 12.6. The molecule has 0 saturated carbocycles. The summed E-state index contributed by atoms with van der Waals surface area (Å²) in [5, 5.41) is 0. The Morgan fingerprint density at radius 1 is 1.23 bits per heavy atom. The van der Waals surface area contributed by atoms with Crippen LogP contribution in [0.3, 0.4) is 0 Å². The first kappa shape index (κ1) is 9.93. The van der Waals surface area contributed by atoms with Crippen molar-refractivity contribution in [1.82, 2.24) is 0 Å². The maximum atomic E-state index is 12.6. The van der Waals surface area contributed by atoms with Crippen molar-refractivity contribution < 1.29 is 4.39 Å². The molecule has 2 heteroatoms. The number of nitrogens with two attached hydrogens (primary N) is 1. The second-order valence-electron chi connectivity index (χ2n) is 3.19. The van der Waals surface area contributed by atoms with E-state index in [1.165, 1.54) is 17.7 Å². The number of allylic oxidation sites excluding steroid dienone is 1. The van der Waals surface area contributed by atoms with Gasteiger partial charge in [-0.3, -0.25) is 0 Å². The van der Waals surface area contributed by atoms with E-state index >= 15 is 0 Å². The molecule has 0 aliphatic rings. The van der Waals surface area contributed by atoms with Gasteiger partial charge in [-0.1, -0.05) is 17.7 Å². The van der Waals surface area contributed by atoms with Crippen molar-refractivity contribution in [2.75, 3.05) is 6.54 Å². The van der Waals surface area contributed by atoms with Gasteiger partial charge in [0, 0.05) is 6.54 Å². The predicted octanol–water partition coefficient (Wildman–Crippen LogP) is 2.58. The minimum absolute atomic E-state index is 0.214. The zero-order valence-electron chi connectivity index (χ0n) is 7.97. The van der Waals surface area contributed by atoms with E-state index in [0.717, 1.165) is 11.1 Å². The summed E-state index contributed by atoms with van der Waals surface area (Å²) < 4.78 is 12.6. The minimum Gasteiger partial charge on any atom is -0.326 e. The molecule has 0 fully saturated rings. The molecular weight excluding hydrogens is 165 g/mol. The standard InChI is InChI=1S/C11H14FN/c1-8(2)11(7-13)9-3-5-10(12)6-4-9/h3-6H,7,13H2,1-2H3. The van der Waals surface area contributed by atoms with Gasteiger partial charge >= 0.3 is 0 Å². The Morgan fingerprint density at radius 3 is 2.15 bits per heavy atom. The Morgan fingerprint density at radius 2 is 1.77 bits per heavy atom. The molecule has 0 aromatic heterocycles. The molecule has 0 radical (unpaired) electrons. The number of benzene rings is 1. The van der Waals surface area contributed by atoms with E-state index in [4.69, 9.17) is 5.73 Å². The lowest BCUT2D eigenvalue weighted by atomic mass is 10.0. The van der Waals surface area contributed by atoms with Gasteiger partial charge in [-0.15, -0.1) is 0 Å². The van der Waals surface area contributed by atoms with E-state index in [2.05, 4.69) is 0 Å². The van der Waals surface area contributed by atoms with Crippen LogP contribution in [-0.4, -0.2) is 6.54 Å². The van der Waals surface area contributed by atoms with Crippen LogP contribution in [0.5, 0.6) is 0 Å². The van der Waals surface area contributed by atoms with Gasteiger partial charge in [0.15, 0.2) is 0 Å². The summed E-state index contributed by atoms with van der Waals surface area (Å²) in [6.07, 6.45) is 0. The van der Waals surface area contributed by atoms with Crippen molar-refractivity contribution in [2.24, 2.45) is 5.73 Å². The number of hydrogen-bond donors (Lipinski definition) is 1. The van der Waals surface area contributed by atoms with Gasteiger partial charge in [0.25, 0.3) is 0 Å². The molecule has 0 heterocycles. The van der Waals surface area contributed by atoms with E-state index in [1.54, 1.807) is 12.1 Å². The van der Waals surface area contributed by atoms with Crippen LogP contribution >= 0.6 is 0 Å². The first-order valence-corrected chi connectivity index (χ1v) is 4.27. The number of halogens is 1. The third-order valence-electron chi connectivity index (χ3n) is 2.00. The van der Waals surface area contributed by atoms with Crippen molar-refractivity contribution in [3.63, 3.8) is 0 Å². The zero-order chi connectivity index (χ0) is 9.84. The highest BCUT2D eigenvalue weighted by atomic mass is 19.1. The van der Waals surface area contributed by atoms with E-state index in [-0.39, 0.29) is 5.82 Å². The Balaban J connectivity index is 3.07. The first-order valence-electron chi connectivity index (χ1n) is 4.27. The third kappa shape index (κ3) is 2.39. The lowest BCUT2D eigenvalue weighted by Gasteiger charge is -2.06. The Hall–Kier alpha value is -1.15. The summed E-state index contributed by atoms with van der Waals surface area (Å²) in [6.45, 7) is 4.51. The summed E-state index contributed by atoms with van der Waals surface area (Å²) in [6, 6.07) is 6.41. The smallest absolute Gasteiger partial charge is 0.123 e. The van der Waals surface area contributed by atoms with E-state index < -0.39 is 0 Å². The molecule has 1 nitrogen and oxygen atoms in total. The second-order valence-corrected chi connectivity index (χ2v) is 3.19. The van der Waals surface area contributed by atoms with Gasteiger partial charge < -0.3 is 5.73 Å². The minimum atomic E-state index is -0.214. The van der Waals surface area contributed by atoms with E-state index in [9.17, 15) is 4.39 Å². The van der Waals surface area contributed by atoms with Crippen LogP contribution < -0.4 is 5.73 Å². The van der Waals surface area contributed by atoms with Gasteiger partial charge in [0.05, 0.1) is 0 Å². The fourth-order valence-electron chi connectivity index (χ4n) is 1.26. The van der Waals surface area contributed by atoms with Crippen molar-refractivity contribution in [3.8, 4) is 0 Å². The fourth-order valence-corrected chi connectivity index (χ4v) is 1.26. The number of hydrogen-bond acceptors (Lipinski definition) is 1. The molecule has 0 unspecified atom stereocenters. The maximum Gasteiger partial charge on any atom is 0.123 e. The molecule has 1 aromatic rings. The van der Waals surface area contributed by atoms with Crippen LogP contribution in [0, 0.1) is 5.82 Å². The van der Waals surface area contributed by atoms with Crippen LogP contribution in [0.1, 0.15) is 19.4 Å². The average molecular weight is 179 g/mol. The van der Waals surface area contributed by atoms with Gasteiger partial charge in [0.1, 0.15) is 5.82 Å². The van der Waals surface area contributed by atoms with E-state index in [1.807, 2.05) is 13.8 Å². The normalized spacial score (nSPS) is 9.85. The molecule has 0 bridgehead atoms. The quantitative estimate of drug-likeness (QED) is 0.742. The fraction of sp³-hybridized carbons (Fsp3) is 0.273. The Bertz CT molecular complexity index is 307. The summed E-state index contributed by atoms with van der Waals surface area (Å²) >= 11 is 0. The van der Waals surface area contributed by atoms with Crippen LogP contribution in [0.2, 0.25) is 0 Å². The molecule has 0 amide bonds. The molecule has 0 spiro atoms. The molecule has 0 aliphatic heterocycles. The molecule has 13 heavy (non-hydrogen) atoms. The van der Waals surface area contributed by atoms with Crippen LogP contribution in [0.4, 0.5) is 4.39 Å². The highest BCUT2D eigenvalue weighted by molar-refractivity contribution is 5.69. The second kappa shape index (κ2) is 4.19. The summed E-state index contributed by atoms with van der Waals surface area (Å²) in [5.74, 6) is -0.214. The molecule has 0 saturated heterocycles. The van der Waals surface area contributed by atoms with Crippen molar-refractivity contribution in [2.45, 2.75) is 13.8 Å². The zero-order valence-corrected chi connectivity index (χ0v) is 7.97. The molecule has 70 valence electrons. The summed E-state index contributed by atoms with van der Waals surface area (Å²) in [5.41, 5.74) is 8.85. The van der Waals surface area contributed by atoms with Gasteiger partial charge in [-0.25, -0.2) is 4.39 Å². The topological polar surface area (TPSA) is 26.0 Å². The summed E-state index contributed by atoms with van der Waals surface area (Å²) in [4.78, 5) is 0. The number of rotatable bonds is 2. The molecule has 2 N–H and O–H groups in total. The average Bonchev–Trinajstić information content (AvgIpc) is 2.09. The van der Waals surface area contributed by atoms with Gasteiger partial charge in [0.2, 0.25) is 0 Å². The van der Waals surface area contributed by atoms with Crippen LogP contribution in [0.25, 0.3) is 5.57 Å². The Labute approximate surface area is 78.1 Å². The van der Waals surface area contributed by atoms with Crippen LogP contribution in [0.15, 0.2) is 29.8 Å². The lowest BCUT2D eigenvalue weighted by Crippen LogP contribution is -2.03. The van der Waals surface area contributed by atoms with Crippen molar-refractivity contribution in [1.29, 1.82) is 0 Å². The molecule has 0 aliphatic carbocycles. The molecule has 1 rings (SSSR count). The van der Waals surface area contributed by atoms with Crippen LogP contribution in [-0.2, 0) is 0 Å². The van der Waals surface area contributed by atoms with E-state index in [0.29, 0.717) is 6.54 Å². The monoisotopic (exact) mass is 179 g/mol. The highest BCUT2D eigenvalue weighted by Gasteiger charge is 2.00. The van der Waals surface area contributed by atoms with Gasteiger partial charge in [-0.05, 0) is 37.1 Å². The van der Waals surface area contributed by atoms with Gasteiger partial charge in [-0.2, -0.15) is 0 Å². The third-order valence-corrected chi connectivity index (χ3v) is 2.00. The highest BCUT2D eigenvalue weighted by Crippen LogP contribution is 2.17. The molecular formula is C11H14FN. The lowest BCUT2D eigenvalue weighted by molar-refractivity contribution is 0.627. The SMILES string of the molecule is CC(C)=C(CN)c1ccc(F)cc1.